The van der Waals surface area contributed by atoms with Crippen molar-refractivity contribution < 1.29 is 14.0 Å². The third kappa shape index (κ3) is 4.16. The van der Waals surface area contributed by atoms with Crippen molar-refractivity contribution in [2.45, 2.75) is 13.3 Å². The van der Waals surface area contributed by atoms with E-state index in [2.05, 4.69) is 5.32 Å². The molecule has 98 valence electrons. The van der Waals surface area contributed by atoms with Crippen LogP contribution < -0.4 is 5.32 Å². The lowest BCUT2D eigenvalue weighted by Gasteiger charge is -2.16. The van der Waals surface area contributed by atoms with Gasteiger partial charge in [0.2, 0.25) is 5.91 Å². The molecule has 0 radical (unpaired) electrons. The zero-order chi connectivity index (χ0) is 13.5. The van der Waals surface area contributed by atoms with Gasteiger partial charge in [0.25, 0.3) is 5.91 Å². The number of halogens is 1. The number of likely N-dealkylation sites (N-methyl/N-ethyl adjacent to an activating group) is 1. The van der Waals surface area contributed by atoms with Crippen LogP contribution in [0.3, 0.4) is 0 Å². The maximum absolute atomic E-state index is 12.7. The van der Waals surface area contributed by atoms with Crippen molar-refractivity contribution in [3.05, 3.63) is 35.6 Å². The highest BCUT2D eigenvalue weighted by molar-refractivity contribution is 5.96. The first-order valence-corrected chi connectivity index (χ1v) is 5.82. The van der Waals surface area contributed by atoms with Gasteiger partial charge < -0.3 is 10.2 Å². The van der Waals surface area contributed by atoms with Gasteiger partial charge in [-0.15, -0.1) is 0 Å². The van der Waals surface area contributed by atoms with Crippen LogP contribution in [0.5, 0.6) is 0 Å². The molecule has 0 atom stereocenters. The Kier molecular flexibility index (Phi) is 5.30. The van der Waals surface area contributed by atoms with Crippen LogP contribution in [-0.4, -0.2) is 36.9 Å². The van der Waals surface area contributed by atoms with Crippen LogP contribution in [0.25, 0.3) is 0 Å². The van der Waals surface area contributed by atoms with E-state index in [4.69, 9.17) is 0 Å². The molecule has 0 unspecified atom stereocenters. The van der Waals surface area contributed by atoms with Gasteiger partial charge in [0.15, 0.2) is 0 Å². The predicted molar refractivity (Wildman–Crippen MR) is 66.7 cm³/mol. The van der Waals surface area contributed by atoms with Gasteiger partial charge in [0.1, 0.15) is 5.82 Å². The molecule has 1 aromatic rings. The van der Waals surface area contributed by atoms with Gasteiger partial charge in [0.05, 0.1) is 6.54 Å². The van der Waals surface area contributed by atoms with Crippen molar-refractivity contribution in [3.8, 4) is 0 Å². The zero-order valence-electron chi connectivity index (χ0n) is 10.6. The van der Waals surface area contributed by atoms with E-state index in [1.807, 2.05) is 6.92 Å². The van der Waals surface area contributed by atoms with Gasteiger partial charge in [-0.3, -0.25) is 9.59 Å². The summed E-state index contributed by atoms with van der Waals surface area (Å²) in [5.41, 5.74) is 0.363. The van der Waals surface area contributed by atoms with Gasteiger partial charge in [-0.2, -0.15) is 0 Å². The summed E-state index contributed by atoms with van der Waals surface area (Å²) in [4.78, 5) is 24.6. The van der Waals surface area contributed by atoms with Crippen molar-refractivity contribution in [3.63, 3.8) is 0 Å². The second-order valence-electron chi connectivity index (χ2n) is 4.02. The highest BCUT2D eigenvalue weighted by atomic mass is 19.1. The van der Waals surface area contributed by atoms with Crippen LogP contribution in [0, 0.1) is 5.82 Å². The van der Waals surface area contributed by atoms with Gasteiger partial charge in [-0.05, 0) is 30.7 Å². The quantitative estimate of drug-likeness (QED) is 0.861. The summed E-state index contributed by atoms with van der Waals surface area (Å²) in [5.74, 6) is -0.897. The van der Waals surface area contributed by atoms with Crippen molar-refractivity contribution in [2.24, 2.45) is 0 Å². The zero-order valence-corrected chi connectivity index (χ0v) is 10.6. The second-order valence-corrected chi connectivity index (χ2v) is 4.02. The Morgan fingerprint density at radius 3 is 2.44 bits per heavy atom. The first-order valence-electron chi connectivity index (χ1n) is 5.82. The highest BCUT2D eigenvalue weighted by Crippen LogP contribution is 2.05. The van der Waals surface area contributed by atoms with Crippen LogP contribution in [0.4, 0.5) is 4.39 Å². The fourth-order valence-corrected chi connectivity index (χ4v) is 1.42. The van der Waals surface area contributed by atoms with E-state index in [1.54, 1.807) is 0 Å². The molecule has 0 spiro atoms. The first-order chi connectivity index (χ1) is 8.54. The molecular weight excluding hydrogens is 235 g/mol. The van der Waals surface area contributed by atoms with Crippen LogP contribution >= 0.6 is 0 Å². The molecule has 0 bridgehead atoms. The normalized spacial score (nSPS) is 9.94. The Hall–Kier alpha value is -1.91. The minimum atomic E-state index is -0.394. The predicted octanol–water partition coefficient (Wildman–Crippen LogP) is 1.42. The number of nitrogens with zero attached hydrogens (tertiary/aromatic N) is 1. The van der Waals surface area contributed by atoms with Crippen LogP contribution in [0.2, 0.25) is 0 Å². The molecule has 18 heavy (non-hydrogen) atoms. The molecule has 0 heterocycles. The number of carbonyl (C=O) groups is 2. The van der Waals surface area contributed by atoms with Crippen molar-refractivity contribution >= 4 is 11.8 Å². The van der Waals surface area contributed by atoms with E-state index in [1.165, 1.54) is 36.2 Å². The van der Waals surface area contributed by atoms with Crippen molar-refractivity contribution in [1.82, 2.24) is 10.2 Å². The minimum absolute atomic E-state index is 0.00376. The number of rotatable bonds is 5. The van der Waals surface area contributed by atoms with E-state index in [9.17, 15) is 14.0 Å². The molecule has 0 aliphatic heterocycles. The number of nitrogens with one attached hydrogen (secondary N) is 1. The molecule has 1 aromatic carbocycles. The molecule has 5 heteroatoms. The average molecular weight is 252 g/mol. The molecule has 1 N–H and O–H groups in total. The Morgan fingerprint density at radius 1 is 1.28 bits per heavy atom. The average Bonchev–Trinajstić information content (AvgIpc) is 2.36. The SMILES string of the molecule is CCCNC(=O)CN(C)C(=O)c1ccc(F)cc1. The Bertz CT molecular complexity index is 418. The molecule has 0 saturated heterocycles. The number of carbonyl (C=O) groups excluding carboxylic acids is 2. The maximum Gasteiger partial charge on any atom is 0.254 e. The Balaban J connectivity index is 2.56. The van der Waals surface area contributed by atoms with Crippen LogP contribution in [0.1, 0.15) is 23.7 Å². The third-order valence-electron chi connectivity index (χ3n) is 2.39. The number of benzene rings is 1. The lowest BCUT2D eigenvalue weighted by Crippen LogP contribution is -2.38. The first kappa shape index (κ1) is 14.2. The molecule has 2 amide bonds. The monoisotopic (exact) mass is 252 g/mol. The van der Waals surface area contributed by atoms with Crippen molar-refractivity contribution in [2.75, 3.05) is 20.1 Å². The lowest BCUT2D eigenvalue weighted by atomic mass is 10.2. The van der Waals surface area contributed by atoms with E-state index in [-0.39, 0.29) is 18.4 Å². The summed E-state index contributed by atoms with van der Waals surface area (Å²) in [6.45, 7) is 2.54. The van der Waals surface area contributed by atoms with Crippen LogP contribution in [-0.2, 0) is 4.79 Å². The molecule has 1 rings (SSSR count). The van der Waals surface area contributed by atoms with Gasteiger partial charge in [-0.25, -0.2) is 4.39 Å². The molecule has 0 aliphatic carbocycles. The lowest BCUT2D eigenvalue weighted by molar-refractivity contribution is -0.121. The largest absolute Gasteiger partial charge is 0.355 e. The van der Waals surface area contributed by atoms with Gasteiger partial charge >= 0.3 is 0 Å². The smallest absolute Gasteiger partial charge is 0.254 e. The molecule has 0 fully saturated rings. The van der Waals surface area contributed by atoms with E-state index in [0.29, 0.717) is 12.1 Å². The fourth-order valence-electron chi connectivity index (χ4n) is 1.42. The number of hydrogen-bond donors (Lipinski definition) is 1. The summed E-state index contributed by atoms with van der Waals surface area (Å²) < 4.78 is 12.7. The van der Waals surface area contributed by atoms with E-state index in [0.717, 1.165) is 6.42 Å². The summed E-state index contributed by atoms with van der Waals surface area (Å²) in [5, 5.41) is 2.69. The second kappa shape index (κ2) is 6.74. The number of amides is 2. The van der Waals surface area contributed by atoms with Crippen LogP contribution in [0.15, 0.2) is 24.3 Å². The molecule has 0 aromatic heterocycles. The van der Waals surface area contributed by atoms with Gasteiger partial charge in [0, 0.05) is 19.2 Å². The highest BCUT2D eigenvalue weighted by Gasteiger charge is 2.14. The third-order valence-corrected chi connectivity index (χ3v) is 2.39. The van der Waals surface area contributed by atoms with Gasteiger partial charge in [-0.1, -0.05) is 6.92 Å². The Morgan fingerprint density at radius 2 is 1.89 bits per heavy atom. The standard InChI is InChI=1S/C13H17FN2O2/c1-3-8-15-12(17)9-16(2)13(18)10-4-6-11(14)7-5-10/h4-7H,3,8-9H2,1-2H3,(H,15,17). The van der Waals surface area contributed by atoms with E-state index >= 15 is 0 Å². The van der Waals surface area contributed by atoms with Crippen molar-refractivity contribution in [1.29, 1.82) is 0 Å². The fraction of sp³-hybridized carbons (Fsp3) is 0.385. The maximum atomic E-state index is 12.7. The molecule has 0 aliphatic rings. The summed E-state index contributed by atoms with van der Waals surface area (Å²) in [6, 6.07) is 5.24. The molecule has 4 nitrogen and oxygen atoms in total. The molecule has 0 saturated carbocycles. The number of hydrogen-bond acceptors (Lipinski definition) is 2. The molecular formula is C13H17FN2O2. The minimum Gasteiger partial charge on any atom is -0.355 e. The topological polar surface area (TPSA) is 49.4 Å². The Labute approximate surface area is 106 Å². The summed E-state index contributed by atoms with van der Waals surface area (Å²) >= 11 is 0. The summed E-state index contributed by atoms with van der Waals surface area (Å²) in [6.07, 6.45) is 0.849. The summed E-state index contributed by atoms with van der Waals surface area (Å²) in [7, 11) is 1.54. The van der Waals surface area contributed by atoms with E-state index < -0.39 is 5.82 Å².